The van der Waals surface area contributed by atoms with Crippen molar-refractivity contribution in [2.75, 3.05) is 25.6 Å². The summed E-state index contributed by atoms with van der Waals surface area (Å²) in [6.07, 6.45) is 0. The third-order valence-corrected chi connectivity index (χ3v) is 4.78. The molecule has 0 unspecified atom stereocenters. The van der Waals surface area contributed by atoms with Gasteiger partial charge in [-0.1, -0.05) is 0 Å². The molecule has 0 amide bonds. The summed E-state index contributed by atoms with van der Waals surface area (Å²) in [6, 6.07) is -0.643. The Morgan fingerprint density at radius 1 is 1.00 bits per heavy atom. The molecule has 0 aromatic rings. The Morgan fingerprint density at radius 2 is 1.31 bits per heavy atom. The summed E-state index contributed by atoms with van der Waals surface area (Å²) >= 11 is 8.08. The van der Waals surface area contributed by atoms with Crippen LogP contribution < -0.4 is 10.6 Å². The van der Waals surface area contributed by atoms with Crippen LogP contribution in [0.3, 0.4) is 0 Å². The van der Waals surface area contributed by atoms with E-state index in [1.807, 2.05) is 0 Å². The Labute approximate surface area is 115 Å². The molecule has 0 heterocycles. The standard InChI is InChI=1S/C8H16N2O2S4/c1-9-5(3-13)7(11)15-16-8(12)6(4-14)10-2/h5-6,9-10,13-14H,3-4H2,1-2H3/t5-,6-/m0/s1. The van der Waals surface area contributed by atoms with Crippen LogP contribution in [0.1, 0.15) is 0 Å². The van der Waals surface area contributed by atoms with E-state index in [1.165, 1.54) is 0 Å². The number of hydrogen-bond donors (Lipinski definition) is 4. The molecular formula is C8H16N2O2S4. The first kappa shape index (κ1) is 16.7. The van der Waals surface area contributed by atoms with E-state index < -0.39 is 0 Å². The maximum atomic E-state index is 11.5. The van der Waals surface area contributed by atoms with Gasteiger partial charge in [0.25, 0.3) is 0 Å². The van der Waals surface area contributed by atoms with E-state index in [4.69, 9.17) is 0 Å². The molecule has 0 radical (unpaired) electrons. The van der Waals surface area contributed by atoms with Crippen molar-refractivity contribution in [3.63, 3.8) is 0 Å². The average Bonchev–Trinajstić information content (AvgIpc) is 2.29. The lowest BCUT2D eigenvalue weighted by Gasteiger charge is -2.12. The Hall–Kier alpha value is 0.660. The SMILES string of the molecule is CN[C@@H](CS)C(=O)SSC(=O)[C@H](CS)NC. The second kappa shape index (κ2) is 9.67. The molecule has 16 heavy (non-hydrogen) atoms. The number of likely N-dealkylation sites (N-methyl/N-ethyl adjacent to an activating group) is 2. The minimum atomic E-state index is -0.322. The minimum Gasteiger partial charge on any atom is -0.309 e. The quantitative estimate of drug-likeness (QED) is 0.422. The molecule has 8 heteroatoms. The molecule has 94 valence electrons. The zero-order valence-electron chi connectivity index (χ0n) is 9.10. The summed E-state index contributed by atoms with van der Waals surface area (Å²) in [7, 11) is 5.27. The van der Waals surface area contributed by atoms with Gasteiger partial charge in [-0.2, -0.15) is 25.3 Å². The second-order valence-corrected chi connectivity index (χ2v) is 5.72. The average molecular weight is 300 g/mol. The molecule has 2 N–H and O–H groups in total. The van der Waals surface area contributed by atoms with Gasteiger partial charge < -0.3 is 10.6 Å². The van der Waals surface area contributed by atoms with Crippen molar-refractivity contribution in [1.82, 2.24) is 10.6 Å². The van der Waals surface area contributed by atoms with Crippen molar-refractivity contribution >= 4 is 57.1 Å². The van der Waals surface area contributed by atoms with Gasteiger partial charge in [-0.25, -0.2) is 0 Å². The number of hydrogen-bond acceptors (Lipinski definition) is 8. The van der Waals surface area contributed by atoms with Gasteiger partial charge in [-0.05, 0) is 35.7 Å². The van der Waals surface area contributed by atoms with Crippen molar-refractivity contribution in [3.8, 4) is 0 Å². The van der Waals surface area contributed by atoms with E-state index in [0.29, 0.717) is 11.5 Å². The zero-order chi connectivity index (χ0) is 12.6. The summed E-state index contributed by atoms with van der Waals surface area (Å²) in [5.41, 5.74) is 0. The third-order valence-electron chi connectivity index (χ3n) is 1.84. The molecule has 0 rings (SSSR count). The minimum absolute atomic E-state index is 0.0927. The summed E-state index contributed by atoms with van der Waals surface area (Å²) < 4.78 is 0. The smallest absolute Gasteiger partial charge is 0.217 e. The van der Waals surface area contributed by atoms with Crippen molar-refractivity contribution < 1.29 is 9.59 Å². The predicted octanol–water partition coefficient (Wildman–Crippen LogP) is 0.457. The van der Waals surface area contributed by atoms with Crippen LogP contribution in [0.5, 0.6) is 0 Å². The normalized spacial score (nSPS) is 14.5. The van der Waals surface area contributed by atoms with Crippen LogP contribution in [0.15, 0.2) is 0 Å². The molecule has 0 spiro atoms. The maximum Gasteiger partial charge on any atom is 0.217 e. The van der Waals surface area contributed by atoms with E-state index >= 15 is 0 Å². The van der Waals surface area contributed by atoms with Crippen LogP contribution in [0.2, 0.25) is 0 Å². The van der Waals surface area contributed by atoms with E-state index in [9.17, 15) is 9.59 Å². The largest absolute Gasteiger partial charge is 0.309 e. The Morgan fingerprint density at radius 3 is 1.50 bits per heavy atom. The molecule has 0 aromatic heterocycles. The first-order valence-electron chi connectivity index (χ1n) is 4.59. The molecule has 0 aliphatic rings. The third kappa shape index (κ3) is 5.83. The van der Waals surface area contributed by atoms with Gasteiger partial charge >= 0.3 is 0 Å². The van der Waals surface area contributed by atoms with Crippen LogP contribution in [-0.2, 0) is 9.59 Å². The Balaban J connectivity index is 4.04. The Kier molecular flexibility index (Phi) is 10.1. The number of nitrogens with one attached hydrogen (secondary N) is 2. The Bertz CT molecular complexity index is 208. The van der Waals surface area contributed by atoms with Crippen molar-refractivity contribution in [1.29, 1.82) is 0 Å². The summed E-state index contributed by atoms with van der Waals surface area (Å²) in [5.74, 6) is 0.832. The summed E-state index contributed by atoms with van der Waals surface area (Å²) in [4.78, 5) is 23.1. The van der Waals surface area contributed by atoms with Gasteiger partial charge in [0.05, 0.1) is 12.1 Å². The number of rotatable bonds is 6. The zero-order valence-corrected chi connectivity index (χ0v) is 12.5. The first-order valence-corrected chi connectivity index (χ1v) is 8.00. The molecule has 0 saturated carbocycles. The van der Waals surface area contributed by atoms with Gasteiger partial charge in [-0.3, -0.25) is 9.59 Å². The molecule has 0 fully saturated rings. The van der Waals surface area contributed by atoms with Gasteiger partial charge in [-0.15, -0.1) is 0 Å². The highest BCUT2D eigenvalue weighted by Gasteiger charge is 2.21. The fourth-order valence-corrected chi connectivity index (χ4v) is 3.70. The lowest BCUT2D eigenvalue weighted by molar-refractivity contribution is -0.113. The lowest BCUT2D eigenvalue weighted by atomic mass is 10.4. The van der Waals surface area contributed by atoms with E-state index in [0.717, 1.165) is 21.6 Å². The monoisotopic (exact) mass is 300 g/mol. The van der Waals surface area contributed by atoms with Crippen LogP contribution in [0.25, 0.3) is 0 Å². The molecule has 0 aromatic carbocycles. The van der Waals surface area contributed by atoms with Gasteiger partial charge in [0.15, 0.2) is 0 Å². The molecule has 4 nitrogen and oxygen atoms in total. The molecular weight excluding hydrogens is 284 g/mol. The molecule has 2 atom stereocenters. The van der Waals surface area contributed by atoms with Gasteiger partial charge in [0.1, 0.15) is 0 Å². The van der Waals surface area contributed by atoms with Crippen LogP contribution in [0.4, 0.5) is 0 Å². The fourth-order valence-electron chi connectivity index (χ4n) is 0.766. The summed E-state index contributed by atoms with van der Waals surface area (Å²) in [5, 5.41) is 5.48. The van der Waals surface area contributed by atoms with E-state index in [-0.39, 0.29) is 22.3 Å². The fraction of sp³-hybridized carbons (Fsp3) is 0.750. The molecule has 0 saturated heterocycles. The molecule has 0 aliphatic heterocycles. The molecule has 0 bridgehead atoms. The van der Waals surface area contributed by atoms with E-state index in [2.05, 4.69) is 35.9 Å². The predicted molar refractivity (Wildman–Crippen MR) is 78.6 cm³/mol. The maximum absolute atomic E-state index is 11.5. The van der Waals surface area contributed by atoms with E-state index in [1.54, 1.807) is 14.1 Å². The number of carbonyl (C=O) groups is 2. The van der Waals surface area contributed by atoms with Gasteiger partial charge in [0, 0.05) is 11.5 Å². The highest BCUT2D eigenvalue weighted by atomic mass is 33.1. The first-order chi connectivity index (χ1) is 7.60. The van der Waals surface area contributed by atoms with Crippen molar-refractivity contribution in [2.24, 2.45) is 0 Å². The lowest BCUT2D eigenvalue weighted by Crippen LogP contribution is -2.35. The number of carbonyl (C=O) groups excluding carboxylic acids is 2. The van der Waals surface area contributed by atoms with Crippen molar-refractivity contribution in [3.05, 3.63) is 0 Å². The van der Waals surface area contributed by atoms with Crippen LogP contribution >= 0.6 is 46.8 Å². The van der Waals surface area contributed by atoms with Crippen LogP contribution in [-0.4, -0.2) is 47.9 Å². The van der Waals surface area contributed by atoms with Gasteiger partial charge in [0.2, 0.25) is 10.2 Å². The molecule has 0 aliphatic carbocycles. The topological polar surface area (TPSA) is 58.2 Å². The highest BCUT2D eigenvalue weighted by Crippen LogP contribution is 2.26. The van der Waals surface area contributed by atoms with Crippen LogP contribution in [0, 0.1) is 0 Å². The van der Waals surface area contributed by atoms with Crippen molar-refractivity contribution in [2.45, 2.75) is 12.1 Å². The summed E-state index contributed by atoms with van der Waals surface area (Å²) in [6.45, 7) is 0. The highest BCUT2D eigenvalue weighted by molar-refractivity contribution is 8.87. The second-order valence-electron chi connectivity index (χ2n) is 2.85. The number of thiol groups is 2.